The largest absolute Gasteiger partial charge is 0.307 e. The predicted octanol–water partition coefficient (Wildman–Crippen LogP) is 4.05. The Balaban J connectivity index is 2.08. The highest BCUT2D eigenvalue weighted by Crippen LogP contribution is 2.32. The van der Waals surface area contributed by atoms with Crippen LogP contribution in [0.1, 0.15) is 45.2 Å². The summed E-state index contributed by atoms with van der Waals surface area (Å²) < 4.78 is 26.8. The van der Waals surface area contributed by atoms with Crippen molar-refractivity contribution in [2.45, 2.75) is 45.7 Å². The van der Waals surface area contributed by atoms with E-state index in [9.17, 15) is 8.78 Å². The van der Waals surface area contributed by atoms with E-state index >= 15 is 0 Å². The van der Waals surface area contributed by atoms with Crippen LogP contribution in [0.15, 0.2) is 18.2 Å². The molecule has 0 bridgehead atoms. The molecule has 1 aliphatic rings. The lowest BCUT2D eigenvalue weighted by molar-refractivity contribution is 0.343. The fourth-order valence-corrected chi connectivity index (χ4v) is 2.86. The molecule has 4 atom stereocenters. The maximum Gasteiger partial charge on any atom is 0.128 e. The molecule has 0 amide bonds. The molecule has 2 rings (SSSR count). The number of benzene rings is 1. The molecular weight excluding hydrogens is 232 g/mol. The third kappa shape index (κ3) is 2.72. The summed E-state index contributed by atoms with van der Waals surface area (Å²) in [5.74, 6) is 0.569. The van der Waals surface area contributed by atoms with E-state index in [1.165, 1.54) is 18.6 Å². The highest BCUT2D eigenvalue weighted by molar-refractivity contribution is 5.22. The molecule has 3 heteroatoms. The van der Waals surface area contributed by atoms with Crippen LogP contribution in [0.25, 0.3) is 0 Å². The summed E-state index contributed by atoms with van der Waals surface area (Å²) in [6.45, 7) is 6.37. The Morgan fingerprint density at radius 2 is 1.94 bits per heavy atom. The lowest BCUT2D eigenvalue weighted by Gasteiger charge is -2.24. The van der Waals surface area contributed by atoms with Gasteiger partial charge in [0, 0.05) is 17.6 Å². The van der Waals surface area contributed by atoms with Gasteiger partial charge in [-0.2, -0.15) is 0 Å². The van der Waals surface area contributed by atoms with Gasteiger partial charge in [0.05, 0.1) is 0 Å². The zero-order chi connectivity index (χ0) is 13.3. The lowest BCUT2D eigenvalue weighted by Crippen LogP contribution is -2.34. The van der Waals surface area contributed by atoms with Gasteiger partial charge < -0.3 is 5.32 Å². The number of rotatable bonds is 3. The van der Waals surface area contributed by atoms with Gasteiger partial charge in [0.1, 0.15) is 11.6 Å². The van der Waals surface area contributed by atoms with Crippen LogP contribution in [0.2, 0.25) is 0 Å². The Morgan fingerprint density at radius 1 is 1.22 bits per heavy atom. The zero-order valence-corrected chi connectivity index (χ0v) is 11.2. The first-order valence-electron chi connectivity index (χ1n) is 6.70. The molecule has 1 saturated carbocycles. The van der Waals surface area contributed by atoms with E-state index < -0.39 is 0 Å². The van der Waals surface area contributed by atoms with E-state index in [1.807, 2.05) is 6.92 Å². The normalized spacial score (nSPS) is 29.5. The highest BCUT2D eigenvalue weighted by Gasteiger charge is 2.30. The van der Waals surface area contributed by atoms with E-state index in [0.717, 1.165) is 12.5 Å². The first kappa shape index (κ1) is 13.5. The van der Waals surface area contributed by atoms with E-state index in [4.69, 9.17) is 0 Å². The van der Waals surface area contributed by atoms with Gasteiger partial charge in [0.15, 0.2) is 0 Å². The van der Waals surface area contributed by atoms with Gasteiger partial charge in [-0.15, -0.1) is 0 Å². The summed E-state index contributed by atoms with van der Waals surface area (Å²) in [7, 11) is 0. The molecule has 100 valence electrons. The molecule has 0 aromatic heterocycles. The molecule has 0 radical (unpaired) electrons. The van der Waals surface area contributed by atoms with Gasteiger partial charge in [-0.05, 0) is 49.8 Å². The molecule has 1 N–H and O–H groups in total. The molecule has 0 saturated heterocycles. The SMILES string of the molecule is CC(NC1CCC(C)C1C)c1cc(F)ccc1F. The number of halogens is 2. The summed E-state index contributed by atoms with van der Waals surface area (Å²) in [6, 6.07) is 3.89. The predicted molar refractivity (Wildman–Crippen MR) is 69.3 cm³/mol. The molecule has 0 aliphatic heterocycles. The lowest BCUT2D eigenvalue weighted by atomic mass is 9.96. The van der Waals surface area contributed by atoms with Crippen molar-refractivity contribution < 1.29 is 8.78 Å². The topological polar surface area (TPSA) is 12.0 Å². The maximum absolute atomic E-state index is 13.7. The summed E-state index contributed by atoms with van der Waals surface area (Å²) in [5.41, 5.74) is 0.418. The van der Waals surface area contributed by atoms with Crippen molar-refractivity contribution in [2.75, 3.05) is 0 Å². The number of hydrogen-bond donors (Lipinski definition) is 1. The van der Waals surface area contributed by atoms with Gasteiger partial charge >= 0.3 is 0 Å². The van der Waals surface area contributed by atoms with Gasteiger partial charge in [-0.1, -0.05) is 13.8 Å². The molecule has 4 unspecified atom stereocenters. The summed E-state index contributed by atoms with van der Waals surface area (Å²) in [6.07, 6.45) is 2.32. The summed E-state index contributed by atoms with van der Waals surface area (Å²) in [5, 5.41) is 3.44. The van der Waals surface area contributed by atoms with Crippen LogP contribution in [-0.4, -0.2) is 6.04 Å². The Bertz CT molecular complexity index is 419. The van der Waals surface area contributed by atoms with Crippen LogP contribution in [-0.2, 0) is 0 Å². The molecule has 1 nitrogen and oxygen atoms in total. The third-order valence-electron chi connectivity index (χ3n) is 4.35. The Kier molecular flexibility index (Phi) is 4.00. The monoisotopic (exact) mass is 253 g/mol. The van der Waals surface area contributed by atoms with Crippen LogP contribution in [0.5, 0.6) is 0 Å². The van der Waals surface area contributed by atoms with Gasteiger partial charge in [0.25, 0.3) is 0 Å². The quantitative estimate of drug-likeness (QED) is 0.857. The fraction of sp³-hybridized carbons (Fsp3) is 0.600. The summed E-state index contributed by atoms with van der Waals surface area (Å²) in [4.78, 5) is 0. The molecule has 0 spiro atoms. The van der Waals surface area contributed by atoms with Gasteiger partial charge in [0.2, 0.25) is 0 Å². The molecule has 1 aromatic carbocycles. The second-order valence-electron chi connectivity index (χ2n) is 5.57. The van der Waals surface area contributed by atoms with Crippen LogP contribution in [0.4, 0.5) is 8.78 Å². The van der Waals surface area contributed by atoms with Crippen molar-refractivity contribution >= 4 is 0 Å². The Labute approximate surface area is 108 Å². The van der Waals surface area contributed by atoms with E-state index in [0.29, 0.717) is 23.4 Å². The van der Waals surface area contributed by atoms with E-state index in [-0.39, 0.29) is 17.7 Å². The van der Waals surface area contributed by atoms with Crippen LogP contribution in [0, 0.1) is 23.5 Å². The van der Waals surface area contributed by atoms with E-state index in [1.54, 1.807) is 0 Å². The average molecular weight is 253 g/mol. The van der Waals surface area contributed by atoms with Crippen LogP contribution < -0.4 is 5.32 Å². The van der Waals surface area contributed by atoms with Crippen molar-refractivity contribution in [3.05, 3.63) is 35.4 Å². The fourth-order valence-electron chi connectivity index (χ4n) is 2.86. The van der Waals surface area contributed by atoms with Gasteiger partial charge in [-0.3, -0.25) is 0 Å². The van der Waals surface area contributed by atoms with Crippen LogP contribution >= 0.6 is 0 Å². The Hall–Kier alpha value is -0.960. The maximum atomic E-state index is 13.7. The number of nitrogens with one attached hydrogen (secondary N) is 1. The molecule has 0 heterocycles. The van der Waals surface area contributed by atoms with Crippen molar-refractivity contribution in [1.82, 2.24) is 5.32 Å². The van der Waals surface area contributed by atoms with Gasteiger partial charge in [-0.25, -0.2) is 8.78 Å². The minimum Gasteiger partial charge on any atom is -0.307 e. The zero-order valence-electron chi connectivity index (χ0n) is 11.2. The van der Waals surface area contributed by atoms with E-state index in [2.05, 4.69) is 19.2 Å². The first-order valence-corrected chi connectivity index (χ1v) is 6.70. The first-order chi connectivity index (χ1) is 8.49. The van der Waals surface area contributed by atoms with Crippen LogP contribution in [0.3, 0.4) is 0 Å². The molecule has 1 aromatic rings. The molecule has 18 heavy (non-hydrogen) atoms. The molecular formula is C15H21F2N. The number of hydrogen-bond acceptors (Lipinski definition) is 1. The second kappa shape index (κ2) is 5.35. The Morgan fingerprint density at radius 3 is 2.56 bits per heavy atom. The molecule has 1 aliphatic carbocycles. The summed E-state index contributed by atoms with van der Waals surface area (Å²) >= 11 is 0. The standard InChI is InChI=1S/C15H21F2N/c1-9-4-7-15(10(9)2)18-11(3)13-8-12(16)5-6-14(13)17/h5-6,8-11,15,18H,4,7H2,1-3H3. The minimum absolute atomic E-state index is 0.154. The molecule has 1 fully saturated rings. The smallest absolute Gasteiger partial charge is 0.128 e. The average Bonchev–Trinajstić information content (AvgIpc) is 2.64. The third-order valence-corrected chi connectivity index (χ3v) is 4.35. The highest BCUT2D eigenvalue weighted by atomic mass is 19.1. The minimum atomic E-state index is -0.382. The van der Waals surface area contributed by atoms with Crippen molar-refractivity contribution in [3.8, 4) is 0 Å². The second-order valence-corrected chi connectivity index (χ2v) is 5.57. The van der Waals surface area contributed by atoms with Crippen molar-refractivity contribution in [1.29, 1.82) is 0 Å². The van der Waals surface area contributed by atoms with Crippen molar-refractivity contribution in [2.24, 2.45) is 11.8 Å². The van der Waals surface area contributed by atoms with Crippen molar-refractivity contribution in [3.63, 3.8) is 0 Å².